The topological polar surface area (TPSA) is 26.3 Å². The second kappa shape index (κ2) is 7.44. The summed E-state index contributed by atoms with van der Waals surface area (Å²) < 4.78 is 5.67. The van der Waals surface area contributed by atoms with Crippen LogP contribution in [0.5, 0.6) is 5.75 Å². The number of esters is 1. The van der Waals surface area contributed by atoms with Crippen molar-refractivity contribution in [3.63, 3.8) is 0 Å². The first-order valence-corrected chi connectivity index (χ1v) is 8.21. The predicted molar refractivity (Wildman–Crippen MR) is 92.0 cm³/mol. The molecule has 22 heavy (non-hydrogen) atoms. The third-order valence-corrected chi connectivity index (χ3v) is 4.30. The summed E-state index contributed by atoms with van der Waals surface area (Å²) in [6.07, 6.45) is 1.87. The van der Waals surface area contributed by atoms with Crippen molar-refractivity contribution in [2.24, 2.45) is 17.8 Å². The monoisotopic (exact) mass is 298 g/mol. The van der Waals surface area contributed by atoms with Gasteiger partial charge in [-0.05, 0) is 41.2 Å². The van der Waals surface area contributed by atoms with E-state index in [0.717, 1.165) is 23.6 Å². The standard InChI is InChI=1S/C20H26O2/c1-5-15(4)19(12-14(2)3)20(21)22-18-11-10-16-8-6-7-9-17(16)13-18/h6-11,13-15,19H,5,12H2,1-4H3. The smallest absolute Gasteiger partial charge is 0.314 e. The van der Waals surface area contributed by atoms with Crippen molar-refractivity contribution < 1.29 is 9.53 Å². The molecule has 0 N–H and O–H groups in total. The number of carbonyl (C=O) groups excluding carboxylic acids is 1. The van der Waals surface area contributed by atoms with E-state index in [1.54, 1.807) is 0 Å². The maximum Gasteiger partial charge on any atom is 0.314 e. The SMILES string of the molecule is CCC(C)C(CC(C)C)C(=O)Oc1ccc2ccccc2c1. The highest BCUT2D eigenvalue weighted by atomic mass is 16.5. The lowest BCUT2D eigenvalue weighted by Gasteiger charge is -2.23. The van der Waals surface area contributed by atoms with E-state index in [0.29, 0.717) is 17.6 Å². The molecule has 2 rings (SSSR count). The maximum absolute atomic E-state index is 12.6. The average molecular weight is 298 g/mol. The molecule has 0 aliphatic carbocycles. The molecule has 0 aromatic heterocycles. The summed E-state index contributed by atoms with van der Waals surface area (Å²) in [6, 6.07) is 13.9. The van der Waals surface area contributed by atoms with Crippen LogP contribution in [0.25, 0.3) is 10.8 Å². The largest absolute Gasteiger partial charge is 0.426 e. The maximum atomic E-state index is 12.6. The van der Waals surface area contributed by atoms with Gasteiger partial charge < -0.3 is 4.74 Å². The van der Waals surface area contributed by atoms with E-state index in [9.17, 15) is 4.79 Å². The number of carbonyl (C=O) groups is 1. The zero-order valence-corrected chi connectivity index (χ0v) is 14.0. The number of hydrogen-bond donors (Lipinski definition) is 0. The summed E-state index contributed by atoms with van der Waals surface area (Å²) in [5.74, 6) is 1.34. The molecule has 2 aromatic carbocycles. The van der Waals surface area contributed by atoms with Gasteiger partial charge in [0.05, 0.1) is 5.92 Å². The molecule has 0 aliphatic heterocycles. The van der Waals surface area contributed by atoms with Crippen LogP contribution in [0.15, 0.2) is 42.5 Å². The van der Waals surface area contributed by atoms with Crippen LogP contribution in [-0.4, -0.2) is 5.97 Å². The lowest BCUT2D eigenvalue weighted by Crippen LogP contribution is -2.27. The molecule has 0 radical (unpaired) electrons. The van der Waals surface area contributed by atoms with Gasteiger partial charge in [-0.3, -0.25) is 4.79 Å². The molecule has 118 valence electrons. The Morgan fingerprint density at radius 3 is 2.36 bits per heavy atom. The molecule has 0 aliphatic rings. The molecule has 0 heterocycles. The molecule has 2 heteroatoms. The van der Waals surface area contributed by atoms with Crippen molar-refractivity contribution in [3.05, 3.63) is 42.5 Å². The highest BCUT2D eigenvalue weighted by Gasteiger charge is 2.26. The molecule has 2 aromatic rings. The van der Waals surface area contributed by atoms with Crippen LogP contribution >= 0.6 is 0 Å². The third-order valence-electron chi connectivity index (χ3n) is 4.30. The zero-order valence-electron chi connectivity index (χ0n) is 14.0. The van der Waals surface area contributed by atoms with Crippen LogP contribution in [0, 0.1) is 17.8 Å². The summed E-state index contributed by atoms with van der Waals surface area (Å²) >= 11 is 0. The molecule has 0 saturated carbocycles. The van der Waals surface area contributed by atoms with Gasteiger partial charge in [0, 0.05) is 0 Å². The van der Waals surface area contributed by atoms with E-state index in [-0.39, 0.29) is 11.9 Å². The van der Waals surface area contributed by atoms with Crippen LogP contribution in [-0.2, 0) is 4.79 Å². The van der Waals surface area contributed by atoms with E-state index in [2.05, 4.69) is 33.8 Å². The fraction of sp³-hybridized carbons (Fsp3) is 0.450. The normalized spacial score (nSPS) is 14.0. The van der Waals surface area contributed by atoms with E-state index in [1.165, 1.54) is 0 Å². The van der Waals surface area contributed by atoms with Gasteiger partial charge in [-0.1, -0.05) is 64.4 Å². The van der Waals surface area contributed by atoms with Crippen molar-refractivity contribution in [2.75, 3.05) is 0 Å². The molecular formula is C20H26O2. The first-order valence-electron chi connectivity index (χ1n) is 8.21. The minimum absolute atomic E-state index is 0.0310. The van der Waals surface area contributed by atoms with E-state index >= 15 is 0 Å². The van der Waals surface area contributed by atoms with Crippen LogP contribution in [0.3, 0.4) is 0 Å². The Kier molecular flexibility index (Phi) is 5.59. The van der Waals surface area contributed by atoms with Crippen LogP contribution in [0.4, 0.5) is 0 Å². The third kappa shape index (κ3) is 4.09. The van der Waals surface area contributed by atoms with E-state index in [1.807, 2.05) is 36.4 Å². The Balaban J connectivity index is 2.16. The molecule has 0 saturated heterocycles. The lowest BCUT2D eigenvalue weighted by molar-refractivity contribution is -0.141. The first kappa shape index (κ1) is 16.5. The highest BCUT2D eigenvalue weighted by Crippen LogP contribution is 2.27. The zero-order chi connectivity index (χ0) is 16.1. The van der Waals surface area contributed by atoms with Gasteiger partial charge >= 0.3 is 5.97 Å². The van der Waals surface area contributed by atoms with Crippen molar-refractivity contribution in [3.8, 4) is 5.75 Å². The molecule has 0 spiro atoms. The Bertz CT molecular complexity index is 630. The van der Waals surface area contributed by atoms with Gasteiger partial charge in [0.25, 0.3) is 0 Å². The summed E-state index contributed by atoms with van der Waals surface area (Å²) in [4.78, 5) is 12.6. The predicted octanol–water partition coefficient (Wildman–Crippen LogP) is 5.45. The Labute approximate surface area is 133 Å². The van der Waals surface area contributed by atoms with Crippen LogP contribution in [0.1, 0.15) is 40.5 Å². The number of ether oxygens (including phenoxy) is 1. The quantitative estimate of drug-likeness (QED) is 0.523. The second-order valence-corrected chi connectivity index (χ2v) is 6.55. The second-order valence-electron chi connectivity index (χ2n) is 6.55. The van der Waals surface area contributed by atoms with Gasteiger partial charge in [-0.25, -0.2) is 0 Å². The van der Waals surface area contributed by atoms with Crippen molar-refractivity contribution in [1.29, 1.82) is 0 Å². The summed E-state index contributed by atoms with van der Waals surface area (Å²) in [7, 11) is 0. The molecule has 2 atom stereocenters. The minimum atomic E-state index is -0.0988. The van der Waals surface area contributed by atoms with Crippen molar-refractivity contribution in [2.45, 2.75) is 40.5 Å². The minimum Gasteiger partial charge on any atom is -0.426 e. The van der Waals surface area contributed by atoms with Crippen LogP contribution < -0.4 is 4.74 Å². The Morgan fingerprint density at radius 1 is 1.05 bits per heavy atom. The molecule has 0 bridgehead atoms. The van der Waals surface area contributed by atoms with Gasteiger partial charge in [-0.15, -0.1) is 0 Å². The molecular weight excluding hydrogens is 272 g/mol. The fourth-order valence-electron chi connectivity index (χ4n) is 2.78. The molecule has 2 nitrogen and oxygen atoms in total. The van der Waals surface area contributed by atoms with Gasteiger partial charge in [0.15, 0.2) is 0 Å². The van der Waals surface area contributed by atoms with Crippen LogP contribution in [0.2, 0.25) is 0 Å². The van der Waals surface area contributed by atoms with Crippen molar-refractivity contribution >= 4 is 16.7 Å². The number of hydrogen-bond acceptors (Lipinski definition) is 2. The fourth-order valence-corrected chi connectivity index (χ4v) is 2.78. The summed E-state index contributed by atoms with van der Waals surface area (Å²) in [5, 5.41) is 2.25. The Morgan fingerprint density at radius 2 is 1.73 bits per heavy atom. The number of benzene rings is 2. The van der Waals surface area contributed by atoms with Crippen molar-refractivity contribution in [1.82, 2.24) is 0 Å². The highest BCUT2D eigenvalue weighted by molar-refractivity contribution is 5.85. The molecule has 2 unspecified atom stereocenters. The van der Waals surface area contributed by atoms with E-state index < -0.39 is 0 Å². The lowest BCUT2D eigenvalue weighted by atomic mass is 9.85. The first-order chi connectivity index (χ1) is 10.5. The number of rotatable bonds is 6. The summed E-state index contributed by atoms with van der Waals surface area (Å²) in [5.41, 5.74) is 0. The van der Waals surface area contributed by atoms with E-state index in [4.69, 9.17) is 4.74 Å². The summed E-state index contributed by atoms with van der Waals surface area (Å²) in [6.45, 7) is 8.56. The van der Waals surface area contributed by atoms with Gasteiger partial charge in [0.1, 0.15) is 5.75 Å². The Hall–Kier alpha value is -1.83. The number of fused-ring (bicyclic) bond motifs is 1. The molecule has 0 amide bonds. The van der Waals surface area contributed by atoms with Gasteiger partial charge in [-0.2, -0.15) is 0 Å². The molecule has 0 fully saturated rings. The average Bonchev–Trinajstić information content (AvgIpc) is 2.51. The van der Waals surface area contributed by atoms with Gasteiger partial charge in [0.2, 0.25) is 0 Å².